The van der Waals surface area contributed by atoms with Gasteiger partial charge in [-0.2, -0.15) is 0 Å². The molecule has 0 bridgehead atoms. The number of imidazole rings is 1. The molecule has 3 N–H and O–H groups in total. The number of hydrogen-bond acceptors (Lipinski definition) is 3. The molecule has 0 saturated carbocycles. The summed E-state index contributed by atoms with van der Waals surface area (Å²) >= 11 is 4.12. The largest absolute Gasteiger partial charge is 0.344 e. The molecular weight excluding hydrogens is 164 g/mol. The van der Waals surface area contributed by atoms with E-state index in [1.807, 2.05) is 0 Å². The summed E-state index contributed by atoms with van der Waals surface area (Å²) < 4.78 is 0. The molecule has 0 aromatic carbocycles. The monoisotopic (exact) mass is 170 g/mol. The highest BCUT2D eigenvalue weighted by Gasteiger charge is 2.22. The van der Waals surface area contributed by atoms with Crippen LogP contribution in [-0.4, -0.2) is 16.0 Å². The first-order chi connectivity index (χ1) is 5.27. The number of nitrogens with one attached hydrogen (secondary N) is 3. The van der Waals surface area contributed by atoms with Crippen molar-refractivity contribution in [3.05, 3.63) is 12.0 Å². The Labute approximate surface area is 68.0 Å². The van der Waals surface area contributed by atoms with Crippen molar-refractivity contribution in [1.82, 2.24) is 15.3 Å². The lowest BCUT2D eigenvalue weighted by Crippen LogP contribution is -2.35. The Balaban J connectivity index is 2.43. The van der Waals surface area contributed by atoms with Crippen molar-refractivity contribution in [2.75, 3.05) is 5.32 Å². The normalized spacial score (nSPS) is 21.9. The Hall–Kier alpha value is -1.17. The fraction of sp³-hybridized carbons (Fsp3) is 0.200. The summed E-state index contributed by atoms with van der Waals surface area (Å²) in [6.07, 6.45) is 1.52. The van der Waals surface area contributed by atoms with Crippen molar-refractivity contribution in [1.29, 1.82) is 0 Å². The Kier molecular flexibility index (Phi) is 1.28. The zero-order valence-electron chi connectivity index (χ0n) is 5.46. The maximum atomic E-state index is 10.8. The highest BCUT2D eigenvalue weighted by atomic mass is 32.1. The predicted molar refractivity (Wildman–Crippen MR) is 42.5 cm³/mol. The molecule has 2 heterocycles. The van der Waals surface area contributed by atoms with E-state index in [1.165, 1.54) is 6.33 Å². The molecule has 2 rings (SSSR count). The van der Waals surface area contributed by atoms with Gasteiger partial charge >= 0.3 is 6.03 Å². The average molecular weight is 170 g/mol. The minimum Gasteiger partial charge on any atom is -0.344 e. The van der Waals surface area contributed by atoms with E-state index >= 15 is 0 Å². The lowest BCUT2D eigenvalue weighted by atomic mass is 10.4. The molecule has 0 fully saturated rings. The summed E-state index contributed by atoms with van der Waals surface area (Å²) in [6.45, 7) is 0. The topological polar surface area (TPSA) is 69.8 Å². The minimum absolute atomic E-state index is 0.274. The molecule has 0 radical (unpaired) electrons. The summed E-state index contributed by atoms with van der Waals surface area (Å²) in [5.41, 5.74) is 0.785. The van der Waals surface area contributed by atoms with Gasteiger partial charge in [0.05, 0.1) is 12.0 Å². The molecule has 58 valence electrons. The molecule has 1 aromatic heterocycles. The van der Waals surface area contributed by atoms with Gasteiger partial charge in [-0.3, -0.25) is 5.32 Å². The van der Waals surface area contributed by atoms with Gasteiger partial charge in [0, 0.05) is 0 Å². The van der Waals surface area contributed by atoms with E-state index in [4.69, 9.17) is 0 Å². The zero-order valence-corrected chi connectivity index (χ0v) is 6.35. The van der Waals surface area contributed by atoms with Gasteiger partial charge < -0.3 is 10.3 Å². The van der Waals surface area contributed by atoms with Gasteiger partial charge in [-0.05, 0) is 0 Å². The first-order valence-corrected chi connectivity index (χ1v) is 3.58. The molecule has 6 heteroatoms. The number of urea groups is 1. The highest BCUT2D eigenvalue weighted by molar-refractivity contribution is 7.80. The van der Waals surface area contributed by atoms with E-state index in [0.29, 0.717) is 5.82 Å². The standard InChI is InChI=1S/C5H6N4OS/c10-5-8-3-2(4(11)9-5)6-1-7-3/h1,4,11H,(H,6,7)(H2,8,9,10). The number of aromatic nitrogens is 2. The van der Waals surface area contributed by atoms with Crippen LogP contribution >= 0.6 is 12.6 Å². The molecule has 0 spiro atoms. The van der Waals surface area contributed by atoms with Crippen molar-refractivity contribution in [3.63, 3.8) is 0 Å². The fourth-order valence-corrected chi connectivity index (χ4v) is 1.27. The van der Waals surface area contributed by atoms with Gasteiger partial charge in [-0.15, -0.1) is 12.6 Å². The Morgan fingerprint density at radius 1 is 1.64 bits per heavy atom. The van der Waals surface area contributed by atoms with Crippen LogP contribution in [0.4, 0.5) is 10.6 Å². The highest BCUT2D eigenvalue weighted by Crippen LogP contribution is 2.24. The van der Waals surface area contributed by atoms with Crippen molar-refractivity contribution >= 4 is 24.5 Å². The van der Waals surface area contributed by atoms with E-state index in [0.717, 1.165) is 5.69 Å². The minimum atomic E-state index is -0.291. The van der Waals surface area contributed by atoms with Crippen LogP contribution in [0.3, 0.4) is 0 Å². The first kappa shape index (κ1) is 6.53. The van der Waals surface area contributed by atoms with E-state index in [9.17, 15) is 4.79 Å². The second-order valence-corrected chi connectivity index (χ2v) is 2.68. The van der Waals surface area contributed by atoms with Crippen LogP contribution in [0.5, 0.6) is 0 Å². The molecule has 1 aliphatic rings. The lowest BCUT2D eigenvalue weighted by molar-refractivity contribution is 0.250. The number of nitrogens with zero attached hydrogens (tertiary/aromatic N) is 1. The van der Waals surface area contributed by atoms with E-state index in [1.54, 1.807) is 0 Å². The number of fused-ring (bicyclic) bond motifs is 1. The quantitative estimate of drug-likeness (QED) is 0.427. The Morgan fingerprint density at radius 3 is 3.27 bits per heavy atom. The molecular formula is C5H6N4OS. The molecule has 11 heavy (non-hydrogen) atoms. The summed E-state index contributed by atoms with van der Waals surface area (Å²) in [4.78, 5) is 17.6. The molecule has 1 atom stereocenters. The first-order valence-electron chi connectivity index (χ1n) is 3.06. The SMILES string of the molecule is O=C1Nc2nc[nH]c2C(S)N1. The fourth-order valence-electron chi connectivity index (χ4n) is 0.952. The van der Waals surface area contributed by atoms with Gasteiger partial charge in [-0.1, -0.05) is 0 Å². The van der Waals surface area contributed by atoms with Gasteiger partial charge in [0.15, 0.2) is 5.82 Å². The molecule has 1 aromatic rings. The van der Waals surface area contributed by atoms with Crippen molar-refractivity contribution < 1.29 is 4.79 Å². The molecule has 1 aliphatic heterocycles. The number of anilines is 1. The van der Waals surface area contributed by atoms with Crippen molar-refractivity contribution in [2.45, 2.75) is 5.37 Å². The lowest BCUT2D eigenvalue weighted by Gasteiger charge is -2.18. The molecule has 1 unspecified atom stereocenters. The number of H-pyrrole nitrogens is 1. The smallest absolute Gasteiger partial charge is 0.321 e. The second kappa shape index (κ2) is 2.16. The van der Waals surface area contributed by atoms with Gasteiger partial charge in [0.25, 0.3) is 0 Å². The van der Waals surface area contributed by atoms with E-state index in [-0.39, 0.29) is 11.4 Å². The van der Waals surface area contributed by atoms with Crippen molar-refractivity contribution in [3.8, 4) is 0 Å². The number of hydrogen-bond donors (Lipinski definition) is 4. The number of rotatable bonds is 0. The van der Waals surface area contributed by atoms with E-state index < -0.39 is 0 Å². The molecule has 2 amide bonds. The van der Waals surface area contributed by atoms with Gasteiger partial charge in [0.1, 0.15) is 5.37 Å². The van der Waals surface area contributed by atoms with Crippen LogP contribution in [0.15, 0.2) is 6.33 Å². The number of carbonyl (C=O) groups is 1. The van der Waals surface area contributed by atoms with Crippen LogP contribution in [-0.2, 0) is 0 Å². The predicted octanol–water partition coefficient (Wildman–Crippen LogP) is 0.473. The number of aromatic amines is 1. The molecule has 0 aliphatic carbocycles. The van der Waals surface area contributed by atoms with Crippen molar-refractivity contribution in [2.24, 2.45) is 0 Å². The third kappa shape index (κ3) is 0.949. The summed E-state index contributed by atoms with van der Waals surface area (Å²) in [5, 5.41) is 4.80. The van der Waals surface area contributed by atoms with Crippen LogP contribution in [0.1, 0.15) is 11.1 Å². The van der Waals surface area contributed by atoms with E-state index in [2.05, 4.69) is 33.2 Å². The van der Waals surface area contributed by atoms with Crippen LogP contribution in [0.25, 0.3) is 0 Å². The number of amides is 2. The summed E-state index contributed by atoms with van der Waals surface area (Å²) in [5.74, 6) is 0.550. The zero-order chi connectivity index (χ0) is 7.84. The second-order valence-electron chi connectivity index (χ2n) is 2.17. The molecule has 0 saturated heterocycles. The number of thiol groups is 1. The molecule has 5 nitrogen and oxygen atoms in total. The van der Waals surface area contributed by atoms with Crippen LogP contribution < -0.4 is 10.6 Å². The third-order valence-electron chi connectivity index (χ3n) is 1.44. The maximum Gasteiger partial charge on any atom is 0.321 e. The summed E-state index contributed by atoms with van der Waals surface area (Å²) in [7, 11) is 0. The number of carbonyl (C=O) groups excluding carboxylic acids is 1. The average Bonchev–Trinajstić information content (AvgIpc) is 2.34. The maximum absolute atomic E-state index is 10.8. The van der Waals surface area contributed by atoms with Crippen LogP contribution in [0, 0.1) is 0 Å². The van der Waals surface area contributed by atoms with Gasteiger partial charge in [0.2, 0.25) is 0 Å². The Morgan fingerprint density at radius 2 is 2.45 bits per heavy atom. The Bertz CT molecular complexity index is 296. The van der Waals surface area contributed by atoms with Crippen LogP contribution in [0.2, 0.25) is 0 Å². The van der Waals surface area contributed by atoms with Gasteiger partial charge in [-0.25, -0.2) is 9.78 Å². The summed E-state index contributed by atoms with van der Waals surface area (Å²) in [6, 6.07) is -0.274. The third-order valence-corrected chi connectivity index (χ3v) is 1.83.